The summed E-state index contributed by atoms with van der Waals surface area (Å²) in [6.07, 6.45) is 2.71. The summed E-state index contributed by atoms with van der Waals surface area (Å²) in [6.45, 7) is 0.234. The number of rotatable bonds is 7. The summed E-state index contributed by atoms with van der Waals surface area (Å²) in [6, 6.07) is 11.9. The molecular formula is C24H19FN4O5. The average molecular weight is 462 g/mol. The molecule has 0 unspecified atom stereocenters. The van der Waals surface area contributed by atoms with Crippen molar-refractivity contribution in [1.82, 2.24) is 19.9 Å². The van der Waals surface area contributed by atoms with Crippen molar-refractivity contribution in [3.8, 4) is 5.75 Å². The van der Waals surface area contributed by atoms with Gasteiger partial charge in [-0.3, -0.25) is 14.2 Å². The molecule has 0 aliphatic rings. The normalized spacial score (nSPS) is 10.8. The number of nitrogens with one attached hydrogen (secondary N) is 1. The van der Waals surface area contributed by atoms with E-state index < -0.39 is 17.7 Å². The smallest absolute Gasteiger partial charge is 0.335 e. The van der Waals surface area contributed by atoms with Gasteiger partial charge in [-0.1, -0.05) is 18.2 Å². The van der Waals surface area contributed by atoms with Crippen LogP contribution in [0.25, 0.3) is 10.9 Å². The van der Waals surface area contributed by atoms with Gasteiger partial charge in [-0.25, -0.2) is 19.2 Å². The van der Waals surface area contributed by atoms with E-state index in [1.54, 1.807) is 18.2 Å². The summed E-state index contributed by atoms with van der Waals surface area (Å²) in [5.41, 5.74) is 1.37. The Morgan fingerprint density at radius 3 is 2.50 bits per heavy atom. The average Bonchev–Trinajstić information content (AvgIpc) is 2.84. The van der Waals surface area contributed by atoms with Gasteiger partial charge in [-0.15, -0.1) is 0 Å². The highest BCUT2D eigenvalue weighted by atomic mass is 19.1. The molecule has 0 radical (unpaired) electrons. The van der Waals surface area contributed by atoms with Crippen LogP contribution in [0.2, 0.25) is 0 Å². The molecule has 0 bridgehead atoms. The Balaban J connectivity index is 1.53. The minimum Gasteiger partial charge on any atom is -0.494 e. The second-order valence-electron chi connectivity index (χ2n) is 7.42. The van der Waals surface area contributed by atoms with Gasteiger partial charge >= 0.3 is 5.97 Å². The summed E-state index contributed by atoms with van der Waals surface area (Å²) in [5, 5.41) is 11.9. The number of carbonyl (C=O) groups is 2. The van der Waals surface area contributed by atoms with E-state index in [4.69, 9.17) is 9.84 Å². The zero-order valence-electron chi connectivity index (χ0n) is 18.0. The van der Waals surface area contributed by atoms with Crippen LogP contribution in [0.1, 0.15) is 32.0 Å². The van der Waals surface area contributed by atoms with Crippen LogP contribution in [0.3, 0.4) is 0 Å². The Kier molecular flexibility index (Phi) is 6.30. The Labute approximate surface area is 192 Å². The molecule has 4 rings (SSSR count). The zero-order chi connectivity index (χ0) is 24.2. The van der Waals surface area contributed by atoms with Gasteiger partial charge in [0, 0.05) is 6.54 Å². The number of hydrogen-bond acceptors (Lipinski definition) is 6. The SMILES string of the molecule is COc1ccc(CNC(=O)c2cc3c(=O)n(Cc4ccc(C(=O)O)cc4)cnc3cn2)cc1F. The standard InChI is InChI=1S/C24H19FN4O5/c1-34-21-7-4-15(8-18(21)25)10-27-22(30)19-9-17-20(11-26-19)28-13-29(23(17)31)12-14-2-5-16(6-3-14)24(32)33/h2-9,11,13H,10,12H2,1H3,(H,27,30)(H,32,33). The molecular weight excluding hydrogens is 443 g/mol. The summed E-state index contributed by atoms with van der Waals surface area (Å²) in [5.74, 6) is -2.00. The first-order chi connectivity index (χ1) is 16.4. The highest BCUT2D eigenvalue weighted by molar-refractivity contribution is 5.95. The van der Waals surface area contributed by atoms with Gasteiger partial charge in [0.15, 0.2) is 11.6 Å². The third-order valence-corrected chi connectivity index (χ3v) is 5.17. The van der Waals surface area contributed by atoms with E-state index >= 15 is 0 Å². The molecule has 0 spiro atoms. The molecule has 2 N–H and O–H groups in total. The van der Waals surface area contributed by atoms with Crippen LogP contribution >= 0.6 is 0 Å². The second-order valence-corrected chi connectivity index (χ2v) is 7.42. The lowest BCUT2D eigenvalue weighted by Crippen LogP contribution is -2.25. The van der Waals surface area contributed by atoms with Gasteiger partial charge in [0.1, 0.15) is 5.69 Å². The molecule has 0 saturated heterocycles. The molecule has 1 amide bonds. The first kappa shape index (κ1) is 22.6. The number of pyridine rings is 1. The van der Waals surface area contributed by atoms with Gasteiger partial charge in [0.25, 0.3) is 11.5 Å². The topological polar surface area (TPSA) is 123 Å². The van der Waals surface area contributed by atoms with E-state index in [0.29, 0.717) is 16.6 Å². The van der Waals surface area contributed by atoms with Crippen LogP contribution < -0.4 is 15.6 Å². The van der Waals surface area contributed by atoms with E-state index in [2.05, 4.69) is 15.3 Å². The first-order valence-corrected chi connectivity index (χ1v) is 10.1. The van der Waals surface area contributed by atoms with Gasteiger partial charge in [-0.05, 0) is 41.5 Å². The molecule has 0 fully saturated rings. The van der Waals surface area contributed by atoms with Crippen molar-refractivity contribution >= 4 is 22.8 Å². The van der Waals surface area contributed by atoms with E-state index in [0.717, 1.165) is 0 Å². The fraction of sp³-hybridized carbons (Fsp3) is 0.125. The molecule has 0 aliphatic carbocycles. The molecule has 2 aromatic heterocycles. The number of carbonyl (C=O) groups excluding carboxylic acids is 1. The Bertz CT molecular complexity index is 1450. The monoisotopic (exact) mass is 462 g/mol. The predicted octanol–water partition coefficient (Wildman–Crippen LogP) is 2.62. The number of aromatic nitrogens is 3. The molecule has 4 aromatic rings. The number of nitrogens with zero attached hydrogens (tertiary/aromatic N) is 3. The molecule has 172 valence electrons. The molecule has 2 aromatic carbocycles. The molecule has 34 heavy (non-hydrogen) atoms. The van der Waals surface area contributed by atoms with Crippen LogP contribution in [-0.2, 0) is 13.1 Å². The maximum atomic E-state index is 13.8. The number of hydrogen-bond donors (Lipinski definition) is 2. The minimum absolute atomic E-state index is 0.0175. The highest BCUT2D eigenvalue weighted by Crippen LogP contribution is 2.17. The molecule has 9 nitrogen and oxygen atoms in total. The third-order valence-electron chi connectivity index (χ3n) is 5.17. The van der Waals surface area contributed by atoms with Crippen molar-refractivity contribution in [1.29, 1.82) is 0 Å². The Hall–Kier alpha value is -4.60. The van der Waals surface area contributed by atoms with Gasteiger partial charge in [0.2, 0.25) is 0 Å². The number of carboxylic acids is 1. The maximum absolute atomic E-state index is 13.8. The van der Waals surface area contributed by atoms with Crippen molar-refractivity contribution in [3.63, 3.8) is 0 Å². The highest BCUT2D eigenvalue weighted by Gasteiger charge is 2.13. The number of amides is 1. The lowest BCUT2D eigenvalue weighted by atomic mass is 10.1. The van der Waals surface area contributed by atoms with Crippen LogP contribution in [0, 0.1) is 5.82 Å². The molecule has 2 heterocycles. The van der Waals surface area contributed by atoms with Gasteiger partial charge in [-0.2, -0.15) is 0 Å². The largest absolute Gasteiger partial charge is 0.494 e. The molecule has 0 atom stereocenters. The number of methoxy groups -OCH3 is 1. The zero-order valence-corrected chi connectivity index (χ0v) is 18.0. The lowest BCUT2D eigenvalue weighted by Gasteiger charge is -2.09. The predicted molar refractivity (Wildman–Crippen MR) is 120 cm³/mol. The molecule has 10 heteroatoms. The Morgan fingerprint density at radius 1 is 1.09 bits per heavy atom. The quantitative estimate of drug-likeness (QED) is 0.433. The van der Waals surface area contributed by atoms with Crippen LogP contribution in [0.4, 0.5) is 4.39 Å². The van der Waals surface area contributed by atoms with E-state index in [1.165, 1.54) is 54.5 Å². The maximum Gasteiger partial charge on any atom is 0.335 e. The number of aromatic carboxylic acids is 1. The van der Waals surface area contributed by atoms with Crippen molar-refractivity contribution in [2.24, 2.45) is 0 Å². The van der Waals surface area contributed by atoms with Crippen LogP contribution in [0.15, 0.2) is 65.8 Å². The third kappa shape index (κ3) is 4.75. The Morgan fingerprint density at radius 2 is 1.82 bits per heavy atom. The van der Waals surface area contributed by atoms with Gasteiger partial charge in [0.05, 0.1) is 42.6 Å². The van der Waals surface area contributed by atoms with Crippen molar-refractivity contribution in [2.45, 2.75) is 13.1 Å². The summed E-state index contributed by atoms with van der Waals surface area (Å²) in [4.78, 5) is 44.8. The number of carboxylic acid groups (broad SMARTS) is 1. The lowest BCUT2D eigenvalue weighted by molar-refractivity contribution is 0.0696. The summed E-state index contributed by atoms with van der Waals surface area (Å²) < 4.78 is 20.1. The fourth-order valence-electron chi connectivity index (χ4n) is 3.34. The van der Waals surface area contributed by atoms with Crippen molar-refractivity contribution < 1.29 is 23.8 Å². The number of halogens is 1. The van der Waals surface area contributed by atoms with Crippen molar-refractivity contribution in [2.75, 3.05) is 7.11 Å². The number of ether oxygens (including phenoxy) is 1. The van der Waals surface area contributed by atoms with Crippen LogP contribution in [0.5, 0.6) is 5.75 Å². The van der Waals surface area contributed by atoms with E-state index in [9.17, 15) is 18.8 Å². The second kappa shape index (κ2) is 9.49. The number of benzene rings is 2. The minimum atomic E-state index is -1.04. The van der Waals surface area contributed by atoms with Crippen molar-refractivity contribution in [3.05, 3.63) is 99.6 Å². The van der Waals surface area contributed by atoms with Gasteiger partial charge < -0.3 is 15.2 Å². The van der Waals surface area contributed by atoms with E-state index in [1.807, 2.05) is 0 Å². The fourth-order valence-corrected chi connectivity index (χ4v) is 3.34. The van der Waals surface area contributed by atoms with Crippen LogP contribution in [-0.4, -0.2) is 38.6 Å². The molecule has 0 aliphatic heterocycles. The summed E-state index contributed by atoms with van der Waals surface area (Å²) >= 11 is 0. The van der Waals surface area contributed by atoms with E-state index in [-0.39, 0.29) is 41.0 Å². The molecule has 0 saturated carbocycles. The summed E-state index contributed by atoms with van der Waals surface area (Å²) in [7, 11) is 1.36. The number of fused-ring (bicyclic) bond motifs is 1. The first-order valence-electron chi connectivity index (χ1n) is 10.1.